The lowest BCUT2D eigenvalue weighted by Crippen LogP contribution is -2.34. The Morgan fingerprint density at radius 1 is 1.07 bits per heavy atom. The van der Waals surface area contributed by atoms with Gasteiger partial charge < -0.3 is 14.5 Å². The van der Waals surface area contributed by atoms with Gasteiger partial charge in [-0.3, -0.25) is 10.1 Å². The highest BCUT2D eigenvalue weighted by molar-refractivity contribution is 7.80. The molecule has 0 spiro atoms. The molecule has 1 amide bonds. The van der Waals surface area contributed by atoms with E-state index in [-0.39, 0.29) is 11.0 Å². The Balaban J connectivity index is 1.48. The van der Waals surface area contributed by atoms with Crippen molar-refractivity contribution in [3.63, 3.8) is 0 Å². The molecule has 1 aromatic heterocycles. The number of anilines is 1. The number of oxazole rings is 1. The van der Waals surface area contributed by atoms with Gasteiger partial charge in [0.2, 0.25) is 5.89 Å². The van der Waals surface area contributed by atoms with Crippen LogP contribution in [0.15, 0.2) is 71.1 Å². The smallest absolute Gasteiger partial charge is 0.257 e. The van der Waals surface area contributed by atoms with E-state index in [0.29, 0.717) is 34.0 Å². The number of ether oxygens (including phenoxy) is 1. The number of methoxy groups -OCH3 is 1. The van der Waals surface area contributed by atoms with Crippen molar-refractivity contribution in [2.24, 2.45) is 0 Å². The van der Waals surface area contributed by atoms with Crippen molar-refractivity contribution in [2.45, 2.75) is 6.92 Å². The predicted molar refractivity (Wildman–Crippen MR) is 121 cm³/mol. The summed E-state index contributed by atoms with van der Waals surface area (Å²) in [6.07, 6.45) is 0. The Kier molecular flexibility index (Phi) is 5.45. The van der Waals surface area contributed by atoms with Crippen molar-refractivity contribution >= 4 is 40.0 Å². The van der Waals surface area contributed by atoms with Crippen LogP contribution in [0.1, 0.15) is 15.9 Å². The van der Waals surface area contributed by atoms with Gasteiger partial charge in [0.15, 0.2) is 10.7 Å². The summed E-state index contributed by atoms with van der Waals surface area (Å²) in [5.74, 6) is 0.831. The fraction of sp³-hybridized carbons (Fsp3) is 0.0870. The minimum Gasteiger partial charge on any atom is -0.497 e. The molecule has 30 heavy (non-hydrogen) atoms. The highest BCUT2D eigenvalue weighted by Crippen LogP contribution is 2.26. The van der Waals surface area contributed by atoms with Crippen molar-refractivity contribution in [3.8, 4) is 17.2 Å². The summed E-state index contributed by atoms with van der Waals surface area (Å²) in [6.45, 7) is 2.02. The average molecular weight is 417 g/mol. The van der Waals surface area contributed by atoms with Gasteiger partial charge in [0.05, 0.1) is 7.11 Å². The number of amides is 1. The van der Waals surface area contributed by atoms with E-state index in [9.17, 15) is 4.79 Å². The number of carbonyl (C=O) groups is 1. The molecule has 0 fully saturated rings. The molecule has 3 aromatic carbocycles. The van der Waals surface area contributed by atoms with Crippen molar-refractivity contribution in [2.75, 3.05) is 12.4 Å². The first kappa shape index (κ1) is 19.6. The number of hydrogen-bond donors (Lipinski definition) is 2. The minimum absolute atomic E-state index is 0.185. The number of aromatic nitrogens is 1. The van der Waals surface area contributed by atoms with E-state index in [1.165, 1.54) is 0 Å². The van der Waals surface area contributed by atoms with Crippen LogP contribution in [0.5, 0.6) is 5.75 Å². The number of hydrogen-bond acceptors (Lipinski definition) is 5. The van der Waals surface area contributed by atoms with Gasteiger partial charge in [-0.05, 0) is 67.7 Å². The van der Waals surface area contributed by atoms with Crippen molar-refractivity contribution in [1.82, 2.24) is 10.3 Å². The highest BCUT2D eigenvalue weighted by Gasteiger charge is 2.11. The van der Waals surface area contributed by atoms with Gasteiger partial charge in [-0.15, -0.1) is 0 Å². The van der Waals surface area contributed by atoms with E-state index in [2.05, 4.69) is 15.6 Å². The number of rotatable bonds is 4. The van der Waals surface area contributed by atoms with Gasteiger partial charge in [-0.2, -0.15) is 0 Å². The number of fused-ring (bicyclic) bond motifs is 1. The first-order valence-electron chi connectivity index (χ1n) is 9.26. The monoisotopic (exact) mass is 417 g/mol. The van der Waals surface area contributed by atoms with E-state index in [1.807, 2.05) is 49.4 Å². The van der Waals surface area contributed by atoms with E-state index >= 15 is 0 Å². The molecule has 0 saturated heterocycles. The highest BCUT2D eigenvalue weighted by atomic mass is 32.1. The zero-order chi connectivity index (χ0) is 21.1. The van der Waals surface area contributed by atoms with Gasteiger partial charge in [0.25, 0.3) is 5.91 Å². The average Bonchev–Trinajstić information content (AvgIpc) is 3.17. The number of thiocarbonyl (C=S) groups is 1. The summed E-state index contributed by atoms with van der Waals surface area (Å²) >= 11 is 5.27. The second-order valence-electron chi connectivity index (χ2n) is 6.71. The molecule has 0 unspecified atom stereocenters. The molecular weight excluding hydrogens is 398 g/mol. The molecule has 4 aromatic rings. The maximum absolute atomic E-state index is 12.4. The third kappa shape index (κ3) is 4.31. The van der Waals surface area contributed by atoms with Crippen molar-refractivity contribution in [1.29, 1.82) is 0 Å². The van der Waals surface area contributed by atoms with E-state index in [0.717, 1.165) is 11.1 Å². The first-order valence-corrected chi connectivity index (χ1v) is 9.67. The van der Waals surface area contributed by atoms with Crippen LogP contribution in [-0.2, 0) is 0 Å². The SMILES string of the molecule is COc1cccc(C(=O)NC(=S)Nc2ccc3oc(-c4cccc(C)c4)nc3c2)c1. The normalized spacial score (nSPS) is 10.6. The maximum Gasteiger partial charge on any atom is 0.257 e. The van der Waals surface area contributed by atoms with Crippen LogP contribution in [0.4, 0.5) is 5.69 Å². The predicted octanol–water partition coefficient (Wildman–Crippen LogP) is 4.94. The second-order valence-corrected chi connectivity index (χ2v) is 7.12. The van der Waals surface area contributed by atoms with Crippen LogP contribution in [0.2, 0.25) is 0 Å². The largest absolute Gasteiger partial charge is 0.497 e. The van der Waals surface area contributed by atoms with Crippen molar-refractivity contribution in [3.05, 3.63) is 77.9 Å². The molecule has 0 atom stereocenters. The van der Waals surface area contributed by atoms with Crippen LogP contribution in [0.25, 0.3) is 22.6 Å². The summed E-state index contributed by atoms with van der Waals surface area (Å²) in [5, 5.41) is 5.86. The maximum atomic E-state index is 12.4. The molecule has 4 rings (SSSR count). The van der Waals surface area contributed by atoms with Gasteiger partial charge in [0, 0.05) is 16.8 Å². The molecule has 0 saturated carbocycles. The molecule has 0 bridgehead atoms. The lowest BCUT2D eigenvalue weighted by atomic mass is 10.1. The van der Waals surface area contributed by atoms with Gasteiger partial charge in [-0.25, -0.2) is 4.98 Å². The Bertz CT molecular complexity index is 1250. The molecule has 7 heteroatoms. The Hall–Kier alpha value is -3.71. The van der Waals surface area contributed by atoms with Crippen LogP contribution in [0, 0.1) is 6.92 Å². The lowest BCUT2D eigenvalue weighted by Gasteiger charge is -2.10. The van der Waals surface area contributed by atoms with Crippen molar-refractivity contribution < 1.29 is 13.9 Å². The van der Waals surface area contributed by atoms with Crippen LogP contribution in [-0.4, -0.2) is 23.1 Å². The van der Waals surface area contributed by atoms with Crippen LogP contribution < -0.4 is 15.4 Å². The van der Waals surface area contributed by atoms with Gasteiger partial charge in [-0.1, -0.05) is 23.8 Å². The van der Waals surface area contributed by atoms with Gasteiger partial charge in [0.1, 0.15) is 11.3 Å². The number of nitrogens with one attached hydrogen (secondary N) is 2. The Morgan fingerprint density at radius 3 is 2.70 bits per heavy atom. The van der Waals surface area contributed by atoms with Crippen LogP contribution >= 0.6 is 12.2 Å². The molecule has 1 heterocycles. The Morgan fingerprint density at radius 2 is 1.90 bits per heavy atom. The standard InChI is InChI=1S/C23H19N3O3S/c1-14-5-3-7-16(11-14)22-25-19-13-17(9-10-20(19)29-22)24-23(30)26-21(27)15-6-4-8-18(12-15)28-2/h3-13H,1-2H3,(H2,24,26,27,30). The first-order chi connectivity index (χ1) is 14.5. The topological polar surface area (TPSA) is 76.4 Å². The molecule has 2 N–H and O–H groups in total. The lowest BCUT2D eigenvalue weighted by molar-refractivity contribution is 0.0977. The summed E-state index contributed by atoms with van der Waals surface area (Å²) in [7, 11) is 1.55. The molecule has 0 aliphatic carbocycles. The third-order valence-electron chi connectivity index (χ3n) is 4.47. The summed E-state index contributed by atoms with van der Waals surface area (Å²) < 4.78 is 11.0. The summed E-state index contributed by atoms with van der Waals surface area (Å²) in [6, 6.07) is 20.3. The molecule has 0 aliphatic rings. The number of benzene rings is 3. The molecule has 0 aliphatic heterocycles. The molecule has 6 nitrogen and oxygen atoms in total. The number of aryl methyl sites for hydroxylation is 1. The third-order valence-corrected chi connectivity index (χ3v) is 4.67. The Labute approximate surface area is 178 Å². The number of carbonyl (C=O) groups excluding carboxylic acids is 1. The summed E-state index contributed by atoms with van der Waals surface area (Å²) in [4.78, 5) is 17.0. The fourth-order valence-corrected chi connectivity index (χ4v) is 3.22. The van der Waals surface area contributed by atoms with E-state index < -0.39 is 0 Å². The van der Waals surface area contributed by atoms with E-state index in [4.69, 9.17) is 21.4 Å². The molecule has 150 valence electrons. The van der Waals surface area contributed by atoms with Crippen LogP contribution in [0.3, 0.4) is 0 Å². The minimum atomic E-state index is -0.323. The molecular formula is C23H19N3O3S. The zero-order valence-electron chi connectivity index (χ0n) is 16.4. The zero-order valence-corrected chi connectivity index (χ0v) is 17.2. The summed E-state index contributed by atoms with van der Waals surface area (Å²) in [5.41, 5.74) is 4.56. The van der Waals surface area contributed by atoms with Gasteiger partial charge >= 0.3 is 0 Å². The second kappa shape index (κ2) is 8.34. The van der Waals surface area contributed by atoms with E-state index in [1.54, 1.807) is 31.4 Å². The number of nitrogens with zero attached hydrogens (tertiary/aromatic N) is 1. The molecule has 0 radical (unpaired) electrons. The fourth-order valence-electron chi connectivity index (χ4n) is 3.01. The quantitative estimate of drug-likeness (QED) is 0.458.